The normalized spacial score (nSPS) is 15.3. The van der Waals surface area contributed by atoms with Gasteiger partial charge in [0.05, 0.1) is 18.1 Å². The smallest absolute Gasteiger partial charge is 0.331 e. The summed E-state index contributed by atoms with van der Waals surface area (Å²) in [6.45, 7) is 2.58. The summed E-state index contributed by atoms with van der Waals surface area (Å²) in [7, 11) is 0. The molecule has 2 heterocycles. The Balaban J connectivity index is 1.73. The second kappa shape index (κ2) is 6.45. The topological polar surface area (TPSA) is 96.7 Å². The average Bonchev–Trinajstić information content (AvgIpc) is 2.89. The third-order valence-electron chi connectivity index (χ3n) is 2.58. The number of hydrogen-bond acceptors (Lipinski definition) is 6. The van der Waals surface area contributed by atoms with Gasteiger partial charge in [-0.05, 0) is 6.07 Å². The van der Waals surface area contributed by atoms with Crippen LogP contribution in [0.15, 0.2) is 12.1 Å². The van der Waals surface area contributed by atoms with E-state index in [4.69, 9.17) is 4.74 Å². The summed E-state index contributed by atoms with van der Waals surface area (Å²) < 4.78 is 5.14. The van der Waals surface area contributed by atoms with Crippen LogP contribution in [0, 0.1) is 10.1 Å². The lowest BCUT2D eigenvalue weighted by molar-refractivity contribution is -0.380. The fraction of sp³-hybridized carbons (Fsp3) is 0.500. The van der Waals surface area contributed by atoms with E-state index in [1.807, 2.05) is 0 Å². The highest BCUT2D eigenvalue weighted by atomic mass is 32.1. The molecule has 1 aromatic heterocycles. The number of thiophene rings is 1. The van der Waals surface area contributed by atoms with Gasteiger partial charge in [-0.3, -0.25) is 15.5 Å². The lowest BCUT2D eigenvalue weighted by Gasteiger charge is -2.26. The Bertz CT molecular complexity index is 458. The molecule has 9 heteroatoms. The van der Waals surface area contributed by atoms with Crippen molar-refractivity contribution in [1.82, 2.24) is 15.8 Å². The summed E-state index contributed by atoms with van der Waals surface area (Å²) in [4.78, 5) is 24.2. The van der Waals surface area contributed by atoms with Crippen LogP contribution in [0.5, 0.6) is 0 Å². The van der Waals surface area contributed by atoms with Crippen LogP contribution in [0.1, 0.15) is 4.88 Å². The van der Waals surface area contributed by atoms with Crippen molar-refractivity contribution in [2.75, 3.05) is 26.3 Å². The summed E-state index contributed by atoms with van der Waals surface area (Å²) >= 11 is 1.08. The number of carbonyl (C=O) groups is 1. The SMILES string of the molecule is O=C(NNCc1ccc([N+](=O)[O-])s1)N1CCOCC1. The van der Waals surface area contributed by atoms with Gasteiger partial charge in [0.2, 0.25) is 0 Å². The maximum Gasteiger partial charge on any atom is 0.331 e. The molecule has 1 saturated heterocycles. The monoisotopic (exact) mass is 286 g/mol. The van der Waals surface area contributed by atoms with Crippen molar-refractivity contribution in [3.05, 3.63) is 27.1 Å². The number of carbonyl (C=O) groups excluding carboxylic acids is 1. The number of amides is 2. The quantitative estimate of drug-likeness (QED) is 0.627. The molecule has 19 heavy (non-hydrogen) atoms. The molecule has 0 bridgehead atoms. The van der Waals surface area contributed by atoms with E-state index in [-0.39, 0.29) is 11.0 Å². The Hall–Kier alpha value is -1.71. The van der Waals surface area contributed by atoms with E-state index in [0.29, 0.717) is 32.8 Å². The zero-order valence-corrected chi connectivity index (χ0v) is 10.9. The van der Waals surface area contributed by atoms with Crippen molar-refractivity contribution in [2.45, 2.75) is 6.54 Å². The molecule has 0 saturated carbocycles. The highest BCUT2D eigenvalue weighted by Gasteiger charge is 2.16. The second-order valence-electron chi connectivity index (χ2n) is 3.88. The molecular formula is C10H14N4O4S. The van der Waals surface area contributed by atoms with Crippen LogP contribution in [-0.2, 0) is 11.3 Å². The first kappa shape index (κ1) is 13.7. The average molecular weight is 286 g/mol. The highest BCUT2D eigenvalue weighted by molar-refractivity contribution is 7.15. The molecule has 2 amide bonds. The van der Waals surface area contributed by atoms with Gasteiger partial charge < -0.3 is 9.64 Å². The van der Waals surface area contributed by atoms with E-state index in [9.17, 15) is 14.9 Å². The number of nitro groups is 1. The fourth-order valence-electron chi connectivity index (χ4n) is 1.61. The van der Waals surface area contributed by atoms with Crippen LogP contribution in [0.2, 0.25) is 0 Å². The second-order valence-corrected chi connectivity index (χ2v) is 5.03. The molecule has 0 radical (unpaired) electrons. The van der Waals surface area contributed by atoms with E-state index in [1.54, 1.807) is 11.0 Å². The number of nitrogens with zero attached hydrogens (tertiary/aromatic N) is 2. The number of morpholine rings is 1. The van der Waals surface area contributed by atoms with Gasteiger partial charge in [0.1, 0.15) is 0 Å². The van der Waals surface area contributed by atoms with Crippen molar-refractivity contribution in [1.29, 1.82) is 0 Å². The minimum atomic E-state index is -0.430. The molecule has 0 atom stereocenters. The zero-order chi connectivity index (χ0) is 13.7. The molecule has 8 nitrogen and oxygen atoms in total. The van der Waals surface area contributed by atoms with E-state index in [0.717, 1.165) is 16.2 Å². The largest absolute Gasteiger partial charge is 0.378 e. The molecule has 1 fully saturated rings. The predicted molar refractivity (Wildman–Crippen MR) is 68.7 cm³/mol. The summed E-state index contributed by atoms with van der Waals surface area (Å²) in [6.07, 6.45) is 0. The first-order valence-corrected chi connectivity index (χ1v) is 6.57. The van der Waals surface area contributed by atoms with Crippen molar-refractivity contribution in [3.63, 3.8) is 0 Å². The maximum atomic E-state index is 11.7. The first-order valence-electron chi connectivity index (χ1n) is 5.75. The van der Waals surface area contributed by atoms with Crippen LogP contribution in [0.3, 0.4) is 0 Å². The molecule has 2 rings (SSSR count). The third-order valence-corrected chi connectivity index (χ3v) is 3.62. The van der Waals surface area contributed by atoms with E-state index < -0.39 is 4.92 Å². The summed E-state index contributed by atoms with van der Waals surface area (Å²) in [5.41, 5.74) is 5.31. The molecule has 1 aromatic rings. The number of hydrogen-bond donors (Lipinski definition) is 2. The Morgan fingerprint density at radius 3 is 2.84 bits per heavy atom. The molecule has 0 aliphatic carbocycles. The summed E-state index contributed by atoms with van der Waals surface area (Å²) in [5, 5.41) is 10.6. The van der Waals surface area contributed by atoms with Gasteiger partial charge in [-0.2, -0.15) is 0 Å². The van der Waals surface area contributed by atoms with E-state index in [1.165, 1.54) is 6.07 Å². The Kier molecular flexibility index (Phi) is 4.66. The molecule has 104 valence electrons. The molecule has 0 unspecified atom stereocenters. The van der Waals surface area contributed by atoms with E-state index >= 15 is 0 Å². The highest BCUT2D eigenvalue weighted by Crippen LogP contribution is 2.23. The van der Waals surface area contributed by atoms with Gasteiger partial charge in [-0.1, -0.05) is 11.3 Å². The van der Waals surface area contributed by atoms with Crippen LogP contribution in [-0.4, -0.2) is 42.2 Å². The standard InChI is InChI=1S/C10H14N4O4S/c15-10(13-3-5-18-6-4-13)12-11-7-8-1-2-9(19-8)14(16)17/h1-2,11H,3-7H2,(H,12,15). The minimum absolute atomic E-state index is 0.0938. The van der Waals surface area contributed by atoms with Gasteiger partial charge in [0.25, 0.3) is 0 Å². The molecule has 0 spiro atoms. The molecule has 2 N–H and O–H groups in total. The van der Waals surface area contributed by atoms with Crippen molar-refractivity contribution < 1.29 is 14.5 Å². The molecule has 1 aliphatic heterocycles. The van der Waals surface area contributed by atoms with Gasteiger partial charge in [-0.15, -0.1) is 0 Å². The van der Waals surface area contributed by atoms with Gasteiger partial charge in [-0.25, -0.2) is 10.2 Å². The van der Waals surface area contributed by atoms with Crippen molar-refractivity contribution in [3.8, 4) is 0 Å². The van der Waals surface area contributed by atoms with Crippen LogP contribution >= 0.6 is 11.3 Å². The minimum Gasteiger partial charge on any atom is -0.378 e. The number of rotatable bonds is 4. The zero-order valence-electron chi connectivity index (χ0n) is 10.1. The summed E-state index contributed by atoms with van der Waals surface area (Å²) in [6, 6.07) is 2.90. The van der Waals surface area contributed by atoms with Gasteiger partial charge in [0, 0.05) is 30.6 Å². The molecule has 0 aromatic carbocycles. The Morgan fingerprint density at radius 2 is 2.21 bits per heavy atom. The van der Waals surface area contributed by atoms with E-state index in [2.05, 4.69) is 10.9 Å². The number of ether oxygens (including phenoxy) is 1. The summed E-state index contributed by atoms with van der Waals surface area (Å²) in [5.74, 6) is 0. The lowest BCUT2D eigenvalue weighted by Crippen LogP contribution is -2.50. The maximum absolute atomic E-state index is 11.7. The lowest BCUT2D eigenvalue weighted by atomic mass is 10.4. The number of nitrogens with one attached hydrogen (secondary N) is 2. The predicted octanol–water partition coefficient (Wildman–Crippen LogP) is 0.703. The molecular weight excluding hydrogens is 272 g/mol. The third kappa shape index (κ3) is 3.88. The van der Waals surface area contributed by atoms with Crippen LogP contribution < -0.4 is 10.9 Å². The Morgan fingerprint density at radius 1 is 1.47 bits per heavy atom. The van der Waals surface area contributed by atoms with Crippen LogP contribution in [0.25, 0.3) is 0 Å². The van der Waals surface area contributed by atoms with Crippen molar-refractivity contribution >= 4 is 22.4 Å². The van der Waals surface area contributed by atoms with Crippen LogP contribution in [0.4, 0.5) is 9.80 Å². The van der Waals surface area contributed by atoms with Crippen molar-refractivity contribution in [2.24, 2.45) is 0 Å². The number of hydrazine groups is 1. The number of urea groups is 1. The van der Waals surface area contributed by atoms with Gasteiger partial charge >= 0.3 is 11.0 Å². The fourth-order valence-corrected chi connectivity index (χ4v) is 2.37. The van der Waals surface area contributed by atoms with Gasteiger partial charge in [0.15, 0.2) is 0 Å². The molecule has 1 aliphatic rings. The first-order chi connectivity index (χ1) is 9.16. The Labute approximate surface area is 113 Å².